The summed E-state index contributed by atoms with van der Waals surface area (Å²) in [6, 6.07) is 13.1. The second-order valence-corrected chi connectivity index (χ2v) is 13.2. The smallest absolute Gasteiger partial charge is 0.251 e. The van der Waals surface area contributed by atoms with Crippen molar-refractivity contribution in [3.05, 3.63) is 71.8 Å². The number of aromatic nitrogens is 3. The van der Waals surface area contributed by atoms with Gasteiger partial charge in [0.25, 0.3) is 5.91 Å². The monoisotopic (exact) mass is 623 g/mol. The van der Waals surface area contributed by atoms with Crippen LogP contribution in [0.25, 0.3) is 22.3 Å². The fraction of sp³-hybridized carbons (Fsp3) is 0.355. The van der Waals surface area contributed by atoms with E-state index in [-0.39, 0.29) is 24.3 Å². The van der Waals surface area contributed by atoms with Crippen LogP contribution in [0.3, 0.4) is 0 Å². The second-order valence-electron chi connectivity index (χ2n) is 11.2. The van der Waals surface area contributed by atoms with Gasteiger partial charge in [-0.2, -0.15) is 0 Å². The van der Waals surface area contributed by atoms with Gasteiger partial charge in [-0.15, -0.1) is 0 Å². The molecule has 3 aromatic heterocycles. The van der Waals surface area contributed by atoms with Gasteiger partial charge < -0.3 is 19.7 Å². The van der Waals surface area contributed by atoms with E-state index in [2.05, 4.69) is 15.2 Å². The molecule has 6 rings (SSSR count). The van der Waals surface area contributed by atoms with Crippen molar-refractivity contribution in [3.8, 4) is 17.1 Å². The Morgan fingerprint density at radius 3 is 2.55 bits per heavy atom. The summed E-state index contributed by atoms with van der Waals surface area (Å²) >= 11 is 0. The third-order valence-electron chi connectivity index (χ3n) is 7.55. The summed E-state index contributed by atoms with van der Waals surface area (Å²) in [6.45, 7) is 6.96. The number of carbonyl (C=O) groups excluding carboxylic acids is 1. The molecule has 1 aromatic carbocycles. The summed E-state index contributed by atoms with van der Waals surface area (Å²) in [5, 5.41) is 3.40. The Balaban J connectivity index is 1.21. The van der Waals surface area contributed by atoms with E-state index in [9.17, 15) is 22.0 Å². The minimum absolute atomic E-state index is 0.0491. The maximum absolute atomic E-state index is 14.9. The molecule has 1 N–H and O–H groups in total. The SMILES string of the molecule is C[C@@H]1C[C@H](F)S(=O)(=O)c2cc(C(=O)NCc3cc4nc(-c5cccc(N6C[C@@H](C)O[C@@H](C)C6)n5)ccc4cn3)cc(F)c2O1. The number of hydrogen-bond donors (Lipinski definition) is 1. The maximum Gasteiger partial charge on any atom is 0.251 e. The number of ether oxygens (including phenoxy) is 2. The van der Waals surface area contributed by atoms with Crippen LogP contribution in [-0.2, 0) is 21.1 Å². The Kier molecular flexibility index (Phi) is 7.93. The van der Waals surface area contributed by atoms with Crippen LogP contribution in [0.5, 0.6) is 5.75 Å². The number of fused-ring (bicyclic) bond motifs is 2. The number of anilines is 1. The van der Waals surface area contributed by atoms with Crippen molar-refractivity contribution < 1.29 is 31.5 Å². The number of pyridine rings is 3. The third-order valence-corrected chi connectivity index (χ3v) is 9.33. The molecule has 0 spiro atoms. The molecule has 2 aliphatic rings. The van der Waals surface area contributed by atoms with Gasteiger partial charge in [0.15, 0.2) is 11.6 Å². The number of halogens is 2. The molecule has 0 aliphatic carbocycles. The predicted octanol–water partition coefficient (Wildman–Crippen LogP) is 4.61. The molecule has 4 aromatic rings. The molecule has 1 fully saturated rings. The molecule has 10 nitrogen and oxygen atoms in total. The lowest BCUT2D eigenvalue weighted by Crippen LogP contribution is -2.45. The summed E-state index contributed by atoms with van der Waals surface area (Å²) < 4.78 is 65.9. The molecule has 230 valence electrons. The Morgan fingerprint density at radius 2 is 1.77 bits per heavy atom. The zero-order chi connectivity index (χ0) is 31.2. The molecule has 0 radical (unpaired) electrons. The first-order valence-corrected chi connectivity index (χ1v) is 15.8. The summed E-state index contributed by atoms with van der Waals surface area (Å²) in [4.78, 5) is 28.5. The number of morpholine rings is 1. The van der Waals surface area contributed by atoms with Gasteiger partial charge in [-0.1, -0.05) is 6.07 Å². The van der Waals surface area contributed by atoms with Crippen LogP contribution in [0.2, 0.25) is 0 Å². The number of benzene rings is 1. The largest absolute Gasteiger partial charge is 0.486 e. The summed E-state index contributed by atoms with van der Waals surface area (Å²) in [5.41, 5.74) is -0.0926. The van der Waals surface area contributed by atoms with Gasteiger partial charge in [0, 0.05) is 36.7 Å². The molecule has 0 bridgehead atoms. The van der Waals surface area contributed by atoms with Crippen LogP contribution >= 0.6 is 0 Å². The Hall–Kier alpha value is -4.23. The first kappa shape index (κ1) is 29.8. The highest BCUT2D eigenvalue weighted by molar-refractivity contribution is 7.92. The highest BCUT2D eigenvalue weighted by atomic mass is 32.2. The molecular weight excluding hydrogens is 592 g/mol. The van der Waals surface area contributed by atoms with Gasteiger partial charge in [0.2, 0.25) is 15.3 Å². The van der Waals surface area contributed by atoms with Crippen LogP contribution in [-0.4, -0.2) is 66.2 Å². The lowest BCUT2D eigenvalue weighted by atomic mass is 10.1. The lowest BCUT2D eigenvalue weighted by molar-refractivity contribution is -0.00545. The fourth-order valence-electron chi connectivity index (χ4n) is 5.48. The number of amides is 1. The molecule has 4 atom stereocenters. The Labute approximate surface area is 253 Å². The molecule has 0 unspecified atom stereocenters. The van der Waals surface area contributed by atoms with E-state index in [1.807, 2.05) is 44.2 Å². The topological polar surface area (TPSA) is 124 Å². The van der Waals surface area contributed by atoms with Crippen molar-refractivity contribution >= 4 is 32.5 Å². The van der Waals surface area contributed by atoms with Crippen LogP contribution in [0, 0.1) is 5.82 Å². The average Bonchev–Trinajstić information content (AvgIpc) is 3.07. The van der Waals surface area contributed by atoms with Crippen molar-refractivity contribution in [2.75, 3.05) is 18.0 Å². The number of sulfone groups is 1. The second kappa shape index (κ2) is 11.7. The molecule has 2 aliphatic heterocycles. The van der Waals surface area contributed by atoms with E-state index in [1.54, 1.807) is 12.3 Å². The standard InChI is InChI=1S/C31H31F2N5O5S/c1-17-9-28(33)44(40,41)27-11-21(10-23(32)30(27)43-17)31(39)35-14-22-12-26-20(13-34-22)7-8-25(36-26)24-5-4-6-29(37-24)38-15-18(2)42-19(3)16-38/h4-8,10-13,17-19,28H,9,14-16H2,1-3H3,(H,35,39)/t17-,18-,19+,28-/m1/s1. The van der Waals surface area contributed by atoms with E-state index < -0.39 is 50.2 Å². The highest BCUT2D eigenvalue weighted by Gasteiger charge is 2.38. The van der Waals surface area contributed by atoms with Crippen LogP contribution in [0.1, 0.15) is 43.2 Å². The number of hydrogen-bond acceptors (Lipinski definition) is 9. The summed E-state index contributed by atoms with van der Waals surface area (Å²) in [6.07, 6.45) is 0.510. The quantitative estimate of drug-likeness (QED) is 0.339. The van der Waals surface area contributed by atoms with E-state index in [4.69, 9.17) is 19.4 Å². The van der Waals surface area contributed by atoms with E-state index >= 15 is 0 Å². The van der Waals surface area contributed by atoms with Crippen molar-refractivity contribution in [1.82, 2.24) is 20.3 Å². The molecule has 13 heteroatoms. The number of rotatable bonds is 5. The van der Waals surface area contributed by atoms with Crippen LogP contribution in [0.4, 0.5) is 14.6 Å². The van der Waals surface area contributed by atoms with Gasteiger partial charge in [-0.05, 0) is 63.2 Å². The Morgan fingerprint density at radius 1 is 1.02 bits per heavy atom. The van der Waals surface area contributed by atoms with Gasteiger partial charge in [-0.3, -0.25) is 9.78 Å². The first-order chi connectivity index (χ1) is 21.0. The van der Waals surface area contributed by atoms with Crippen molar-refractivity contribution in [3.63, 3.8) is 0 Å². The number of alkyl halides is 1. The minimum atomic E-state index is -4.55. The van der Waals surface area contributed by atoms with Gasteiger partial charge in [-0.25, -0.2) is 27.2 Å². The molecule has 1 amide bonds. The number of nitrogens with zero attached hydrogens (tertiary/aromatic N) is 4. The van der Waals surface area contributed by atoms with Gasteiger partial charge in [0.1, 0.15) is 10.7 Å². The Bertz CT molecular complexity index is 1850. The first-order valence-electron chi connectivity index (χ1n) is 14.3. The maximum atomic E-state index is 14.9. The van der Waals surface area contributed by atoms with E-state index in [0.29, 0.717) is 22.6 Å². The molecular formula is C31H31F2N5O5S. The zero-order valence-electron chi connectivity index (χ0n) is 24.3. The normalized spacial score (nSPS) is 23.0. The molecule has 5 heterocycles. The highest BCUT2D eigenvalue weighted by Crippen LogP contribution is 2.37. The number of nitrogens with one attached hydrogen (secondary N) is 1. The van der Waals surface area contributed by atoms with Crippen molar-refractivity contribution in [1.29, 1.82) is 0 Å². The van der Waals surface area contributed by atoms with Gasteiger partial charge in [0.05, 0.1) is 47.5 Å². The zero-order valence-corrected chi connectivity index (χ0v) is 25.1. The lowest BCUT2D eigenvalue weighted by Gasteiger charge is -2.36. The summed E-state index contributed by atoms with van der Waals surface area (Å²) in [5.74, 6) is -1.56. The summed E-state index contributed by atoms with van der Waals surface area (Å²) in [7, 11) is -4.55. The average molecular weight is 624 g/mol. The van der Waals surface area contributed by atoms with Crippen molar-refractivity contribution in [2.24, 2.45) is 0 Å². The van der Waals surface area contributed by atoms with Gasteiger partial charge >= 0.3 is 0 Å². The van der Waals surface area contributed by atoms with Crippen LogP contribution in [0.15, 0.2) is 59.6 Å². The molecule has 1 saturated heterocycles. The van der Waals surface area contributed by atoms with E-state index in [1.165, 1.54) is 6.92 Å². The van der Waals surface area contributed by atoms with Crippen molar-refractivity contribution in [2.45, 2.75) is 62.4 Å². The third kappa shape index (κ3) is 5.93. The van der Waals surface area contributed by atoms with Crippen LogP contribution < -0.4 is 15.0 Å². The fourth-order valence-corrected chi connectivity index (χ4v) is 6.97. The number of carbonyl (C=O) groups is 1. The van der Waals surface area contributed by atoms with E-state index in [0.717, 1.165) is 36.4 Å². The molecule has 0 saturated carbocycles. The molecule has 44 heavy (non-hydrogen) atoms. The predicted molar refractivity (Wildman–Crippen MR) is 159 cm³/mol. The minimum Gasteiger partial charge on any atom is -0.486 e.